The molecule has 80 valence electrons. The molecule has 2 N–H and O–H groups in total. The molecule has 1 aromatic heterocycles. The first-order valence-electron chi connectivity index (χ1n) is 4.86. The minimum absolute atomic E-state index is 0.352. The van der Waals surface area contributed by atoms with Gasteiger partial charge in [0.05, 0.1) is 0 Å². The van der Waals surface area contributed by atoms with Crippen LogP contribution in [0.1, 0.15) is 25.8 Å². The topological polar surface area (TPSA) is 71.9 Å². The van der Waals surface area contributed by atoms with Crippen molar-refractivity contribution < 1.29 is 4.74 Å². The molecule has 4 heteroatoms. The average Bonchev–Trinajstić information content (AvgIpc) is 2.27. The second-order valence-electron chi connectivity index (χ2n) is 3.76. The van der Waals surface area contributed by atoms with E-state index in [1.165, 1.54) is 0 Å². The van der Waals surface area contributed by atoms with Crippen LogP contribution in [0, 0.1) is 11.3 Å². The number of nitrogens with two attached hydrogens (primary N) is 1. The fraction of sp³-hybridized carbons (Fsp3) is 0.455. The number of pyridine rings is 1. The van der Waals surface area contributed by atoms with Crippen molar-refractivity contribution in [2.24, 2.45) is 5.73 Å². The summed E-state index contributed by atoms with van der Waals surface area (Å²) < 4.78 is 5.43. The lowest BCUT2D eigenvalue weighted by atomic mass is 10.0. The molecule has 15 heavy (non-hydrogen) atoms. The van der Waals surface area contributed by atoms with Crippen LogP contribution in [0.2, 0.25) is 0 Å². The third-order valence-electron chi connectivity index (χ3n) is 2.24. The van der Waals surface area contributed by atoms with E-state index in [0.717, 1.165) is 6.42 Å². The van der Waals surface area contributed by atoms with Gasteiger partial charge in [-0.05, 0) is 25.5 Å². The van der Waals surface area contributed by atoms with Crippen LogP contribution in [-0.4, -0.2) is 17.1 Å². The standard InChI is InChI=1S/C11H15N3O/c1-3-11(2,13)8-15-10-9(7-12)5-4-6-14-10/h4-6H,3,8,13H2,1-2H3. The van der Waals surface area contributed by atoms with Crippen molar-refractivity contribution in [3.8, 4) is 11.9 Å². The summed E-state index contributed by atoms with van der Waals surface area (Å²) in [6.45, 7) is 4.25. The van der Waals surface area contributed by atoms with Gasteiger partial charge in [-0.25, -0.2) is 4.98 Å². The summed E-state index contributed by atoms with van der Waals surface area (Å²) >= 11 is 0. The van der Waals surface area contributed by atoms with Gasteiger partial charge in [0.1, 0.15) is 18.2 Å². The van der Waals surface area contributed by atoms with E-state index in [0.29, 0.717) is 18.1 Å². The lowest BCUT2D eigenvalue weighted by Gasteiger charge is -2.22. The lowest BCUT2D eigenvalue weighted by molar-refractivity contribution is 0.218. The lowest BCUT2D eigenvalue weighted by Crippen LogP contribution is -2.41. The molecule has 4 nitrogen and oxygen atoms in total. The molecule has 0 spiro atoms. The number of ether oxygens (including phenoxy) is 1. The molecule has 0 aromatic carbocycles. The second-order valence-corrected chi connectivity index (χ2v) is 3.76. The van der Waals surface area contributed by atoms with Crippen LogP contribution in [0.5, 0.6) is 5.88 Å². The van der Waals surface area contributed by atoms with Crippen LogP contribution < -0.4 is 10.5 Å². The number of nitriles is 1. The van der Waals surface area contributed by atoms with Crippen LogP contribution in [0.25, 0.3) is 0 Å². The summed E-state index contributed by atoms with van der Waals surface area (Å²) in [7, 11) is 0. The van der Waals surface area contributed by atoms with Crippen molar-refractivity contribution in [1.82, 2.24) is 4.98 Å². The third-order valence-corrected chi connectivity index (χ3v) is 2.24. The average molecular weight is 205 g/mol. The highest BCUT2D eigenvalue weighted by molar-refractivity contribution is 5.37. The Bertz CT molecular complexity index is 368. The summed E-state index contributed by atoms with van der Waals surface area (Å²) in [5, 5.41) is 8.80. The monoisotopic (exact) mass is 205 g/mol. The van der Waals surface area contributed by atoms with Crippen LogP contribution in [0.15, 0.2) is 18.3 Å². The maximum absolute atomic E-state index is 8.80. The van der Waals surface area contributed by atoms with Gasteiger partial charge in [-0.2, -0.15) is 5.26 Å². The summed E-state index contributed by atoms with van der Waals surface area (Å²) in [6, 6.07) is 5.39. The van der Waals surface area contributed by atoms with E-state index in [4.69, 9.17) is 15.7 Å². The van der Waals surface area contributed by atoms with Crippen molar-refractivity contribution in [2.45, 2.75) is 25.8 Å². The van der Waals surface area contributed by atoms with Crippen molar-refractivity contribution in [1.29, 1.82) is 5.26 Å². The summed E-state index contributed by atoms with van der Waals surface area (Å²) in [4.78, 5) is 3.99. The number of hydrogen-bond donors (Lipinski definition) is 1. The number of rotatable bonds is 4. The van der Waals surface area contributed by atoms with Crippen LogP contribution in [-0.2, 0) is 0 Å². The molecule has 1 heterocycles. The Balaban J connectivity index is 2.70. The van der Waals surface area contributed by atoms with Gasteiger partial charge in [-0.1, -0.05) is 6.92 Å². The summed E-state index contributed by atoms with van der Waals surface area (Å²) in [5.74, 6) is 0.352. The van der Waals surface area contributed by atoms with Gasteiger partial charge in [-0.3, -0.25) is 0 Å². The maximum Gasteiger partial charge on any atom is 0.231 e. The Kier molecular flexibility index (Phi) is 3.64. The molecule has 0 radical (unpaired) electrons. The van der Waals surface area contributed by atoms with Gasteiger partial charge in [0.25, 0.3) is 0 Å². The summed E-state index contributed by atoms with van der Waals surface area (Å²) in [6.07, 6.45) is 2.40. The zero-order valence-electron chi connectivity index (χ0n) is 9.03. The molecule has 0 aliphatic rings. The minimum Gasteiger partial charge on any atom is -0.475 e. The molecule has 0 amide bonds. The number of nitrogens with zero attached hydrogens (tertiary/aromatic N) is 2. The second kappa shape index (κ2) is 4.76. The Morgan fingerprint density at radius 3 is 3.00 bits per heavy atom. The Morgan fingerprint density at radius 2 is 2.40 bits per heavy atom. The van der Waals surface area contributed by atoms with Gasteiger partial charge >= 0.3 is 0 Å². The Hall–Kier alpha value is -1.60. The van der Waals surface area contributed by atoms with Crippen molar-refractivity contribution in [3.63, 3.8) is 0 Å². The normalized spacial score (nSPS) is 14.0. The minimum atomic E-state index is -0.385. The molecular weight excluding hydrogens is 190 g/mol. The van der Waals surface area contributed by atoms with E-state index < -0.39 is 0 Å². The van der Waals surface area contributed by atoms with Crippen molar-refractivity contribution >= 4 is 0 Å². The van der Waals surface area contributed by atoms with E-state index in [2.05, 4.69) is 4.98 Å². The van der Waals surface area contributed by atoms with Gasteiger partial charge in [-0.15, -0.1) is 0 Å². The molecule has 1 rings (SSSR count). The first-order valence-corrected chi connectivity index (χ1v) is 4.86. The van der Waals surface area contributed by atoms with Gasteiger partial charge in [0, 0.05) is 11.7 Å². The van der Waals surface area contributed by atoms with E-state index in [-0.39, 0.29) is 5.54 Å². The highest BCUT2D eigenvalue weighted by Gasteiger charge is 2.17. The molecule has 0 saturated carbocycles. The van der Waals surface area contributed by atoms with Crippen molar-refractivity contribution in [3.05, 3.63) is 23.9 Å². The van der Waals surface area contributed by atoms with Crippen LogP contribution in [0.4, 0.5) is 0 Å². The molecule has 1 aromatic rings. The quantitative estimate of drug-likeness (QED) is 0.807. The van der Waals surface area contributed by atoms with E-state index >= 15 is 0 Å². The first kappa shape index (κ1) is 11.5. The van der Waals surface area contributed by atoms with Gasteiger partial charge < -0.3 is 10.5 Å². The molecule has 0 bridgehead atoms. The van der Waals surface area contributed by atoms with E-state index in [1.807, 2.05) is 19.9 Å². The molecule has 0 saturated heterocycles. The zero-order valence-corrected chi connectivity index (χ0v) is 9.03. The summed E-state index contributed by atoms with van der Waals surface area (Å²) in [5.41, 5.74) is 5.97. The number of aromatic nitrogens is 1. The Labute approximate surface area is 89.7 Å². The SMILES string of the molecule is CCC(C)(N)COc1ncccc1C#N. The van der Waals surface area contributed by atoms with Crippen LogP contribution >= 0.6 is 0 Å². The predicted octanol–water partition coefficient (Wildman–Crippen LogP) is 1.46. The molecule has 0 aliphatic heterocycles. The maximum atomic E-state index is 8.80. The highest BCUT2D eigenvalue weighted by atomic mass is 16.5. The highest BCUT2D eigenvalue weighted by Crippen LogP contribution is 2.15. The first-order chi connectivity index (χ1) is 7.09. The van der Waals surface area contributed by atoms with Crippen LogP contribution in [0.3, 0.4) is 0 Å². The smallest absolute Gasteiger partial charge is 0.231 e. The number of hydrogen-bond acceptors (Lipinski definition) is 4. The molecule has 1 atom stereocenters. The Morgan fingerprint density at radius 1 is 1.67 bits per heavy atom. The van der Waals surface area contributed by atoms with E-state index in [9.17, 15) is 0 Å². The molecule has 1 unspecified atom stereocenters. The largest absolute Gasteiger partial charge is 0.475 e. The fourth-order valence-electron chi connectivity index (χ4n) is 0.926. The van der Waals surface area contributed by atoms with Crippen molar-refractivity contribution in [2.75, 3.05) is 6.61 Å². The molecule has 0 aliphatic carbocycles. The molecule has 0 fully saturated rings. The third kappa shape index (κ3) is 3.22. The zero-order chi connectivity index (χ0) is 11.3. The van der Waals surface area contributed by atoms with Gasteiger partial charge in [0.15, 0.2) is 0 Å². The predicted molar refractivity (Wildman–Crippen MR) is 57.3 cm³/mol. The fourth-order valence-corrected chi connectivity index (χ4v) is 0.926. The van der Waals surface area contributed by atoms with E-state index in [1.54, 1.807) is 18.3 Å². The molecular formula is C11H15N3O. The van der Waals surface area contributed by atoms with Gasteiger partial charge in [0.2, 0.25) is 5.88 Å².